The third kappa shape index (κ3) is 2.41. The highest BCUT2D eigenvalue weighted by Gasteiger charge is 2.14. The van der Waals surface area contributed by atoms with Crippen molar-refractivity contribution in [3.05, 3.63) is 41.9 Å². The largest absolute Gasteiger partial charge is 0.383 e. The number of nitrogens with two attached hydrogens (primary N) is 1. The van der Waals surface area contributed by atoms with Crippen molar-refractivity contribution in [2.45, 2.75) is 13.0 Å². The molecule has 2 rings (SSSR count). The summed E-state index contributed by atoms with van der Waals surface area (Å²) in [7, 11) is 0. The minimum Gasteiger partial charge on any atom is -0.383 e. The van der Waals surface area contributed by atoms with E-state index in [1.807, 2.05) is 19.1 Å². The van der Waals surface area contributed by atoms with Gasteiger partial charge in [-0.05, 0) is 24.6 Å². The molecule has 88 valence electrons. The highest BCUT2D eigenvalue weighted by atomic mass is 16.1. The molecule has 0 aliphatic heterocycles. The van der Waals surface area contributed by atoms with Gasteiger partial charge in [0.25, 0.3) is 5.91 Å². The van der Waals surface area contributed by atoms with Crippen LogP contribution in [0.2, 0.25) is 0 Å². The molecule has 2 heterocycles. The number of nitrogens with one attached hydrogen (secondary N) is 2. The fourth-order valence-electron chi connectivity index (χ4n) is 1.49. The topological polar surface area (TPSA) is 96.7 Å². The van der Waals surface area contributed by atoms with E-state index in [9.17, 15) is 4.79 Å². The third-order valence-corrected chi connectivity index (χ3v) is 2.47. The molecule has 17 heavy (non-hydrogen) atoms. The molecule has 0 radical (unpaired) electrons. The van der Waals surface area contributed by atoms with E-state index in [1.165, 1.54) is 6.20 Å². The highest BCUT2D eigenvalue weighted by Crippen LogP contribution is 2.13. The van der Waals surface area contributed by atoms with Crippen molar-refractivity contribution in [1.29, 1.82) is 0 Å². The quantitative estimate of drug-likeness (QED) is 0.730. The number of carbonyl (C=O) groups excluding carboxylic acids is 1. The van der Waals surface area contributed by atoms with Crippen LogP contribution in [0.15, 0.2) is 30.7 Å². The van der Waals surface area contributed by atoms with Crippen LogP contribution in [0.4, 0.5) is 5.82 Å². The molecule has 0 bridgehead atoms. The lowest BCUT2D eigenvalue weighted by Gasteiger charge is -2.13. The van der Waals surface area contributed by atoms with Crippen molar-refractivity contribution in [3.8, 4) is 0 Å². The van der Waals surface area contributed by atoms with Crippen molar-refractivity contribution in [1.82, 2.24) is 20.5 Å². The number of rotatable bonds is 3. The summed E-state index contributed by atoms with van der Waals surface area (Å²) >= 11 is 0. The van der Waals surface area contributed by atoms with E-state index >= 15 is 0 Å². The SMILES string of the molecule is CC(NC(=O)c1cn[nH]c1N)c1ccncc1. The Morgan fingerprint density at radius 3 is 2.76 bits per heavy atom. The predicted molar refractivity (Wildman–Crippen MR) is 63.1 cm³/mol. The normalized spacial score (nSPS) is 12.1. The number of amides is 1. The maximum absolute atomic E-state index is 11.8. The van der Waals surface area contributed by atoms with Crippen LogP contribution in [-0.4, -0.2) is 21.1 Å². The number of nitrogen functional groups attached to an aromatic ring is 1. The molecule has 0 saturated heterocycles. The Kier molecular flexibility index (Phi) is 3.04. The van der Waals surface area contributed by atoms with Crippen LogP contribution in [0.5, 0.6) is 0 Å². The third-order valence-electron chi connectivity index (χ3n) is 2.47. The summed E-state index contributed by atoms with van der Waals surface area (Å²) in [5.41, 5.74) is 6.90. The molecule has 0 aromatic carbocycles. The van der Waals surface area contributed by atoms with Crippen LogP contribution in [-0.2, 0) is 0 Å². The second-order valence-electron chi connectivity index (χ2n) is 3.67. The summed E-state index contributed by atoms with van der Waals surface area (Å²) in [6.45, 7) is 1.89. The van der Waals surface area contributed by atoms with Gasteiger partial charge in [-0.2, -0.15) is 5.10 Å². The van der Waals surface area contributed by atoms with Gasteiger partial charge in [0, 0.05) is 12.4 Å². The first-order valence-electron chi connectivity index (χ1n) is 5.18. The highest BCUT2D eigenvalue weighted by molar-refractivity contribution is 5.98. The summed E-state index contributed by atoms with van der Waals surface area (Å²) < 4.78 is 0. The Balaban J connectivity index is 2.08. The van der Waals surface area contributed by atoms with E-state index in [2.05, 4.69) is 20.5 Å². The smallest absolute Gasteiger partial charge is 0.257 e. The van der Waals surface area contributed by atoms with Gasteiger partial charge in [-0.1, -0.05) is 0 Å². The fourth-order valence-corrected chi connectivity index (χ4v) is 1.49. The summed E-state index contributed by atoms with van der Waals surface area (Å²) in [6, 6.07) is 3.59. The van der Waals surface area contributed by atoms with Crippen LogP contribution >= 0.6 is 0 Å². The first-order valence-corrected chi connectivity index (χ1v) is 5.18. The standard InChI is InChI=1S/C11H13N5O/c1-7(8-2-4-13-5-3-8)15-11(17)9-6-14-16-10(9)12/h2-7H,1H3,(H,15,17)(H3,12,14,16). The van der Waals surface area contributed by atoms with E-state index in [0.29, 0.717) is 5.56 Å². The number of aromatic nitrogens is 3. The average Bonchev–Trinajstić information content (AvgIpc) is 2.76. The number of hydrogen-bond donors (Lipinski definition) is 3. The molecule has 1 amide bonds. The Morgan fingerprint density at radius 2 is 2.18 bits per heavy atom. The monoisotopic (exact) mass is 231 g/mol. The average molecular weight is 231 g/mol. The van der Waals surface area contributed by atoms with Crippen molar-refractivity contribution >= 4 is 11.7 Å². The van der Waals surface area contributed by atoms with Crippen molar-refractivity contribution < 1.29 is 4.79 Å². The maximum atomic E-state index is 11.8. The lowest BCUT2D eigenvalue weighted by atomic mass is 10.1. The first-order chi connectivity index (χ1) is 8.18. The zero-order valence-electron chi connectivity index (χ0n) is 9.34. The van der Waals surface area contributed by atoms with Gasteiger partial charge >= 0.3 is 0 Å². The molecule has 4 N–H and O–H groups in total. The Labute approximate surface area is 98.3 Å². The Bertz CT molecular complexity index is 508. The van der Waals surface area contributed by atoms with Gasteiger partial charge in [-0.15, -0.1) is 0 Å². The molecular formula is C11H13N5O. The van der Waals surface area contributed by atoms with Crippen molar-refractivity contribution in [3.63, 3.8) is 0 Å². The number of nitrogens with zero attached hydrogens (tertiary/aromatic N) is 2. The lowest BCUT2D eigenvalue weighted by molar-refractivity contribution is 0.0941. The zero-order chi connectivity index (χ0) is 12.3. The molecule has 0 aliphatic rings. The van der Waals surface area contributed by atoms with Gasteiger partial charge in [0.15, 0.2) is 0 Å². The van der Waals surface area contributed by atoms with Crippen molar-refractivity contribution in [2.24, 2.45) is 0 Å². The predicted octanol–water partition coefficient (Wildman–Crippen LogP) is 0.878. The molecule has 2 aromatic rings. The minimum atomic E-state index is -0.249. The van der Waals surface area contributed by atoms with Gasteiger partial charge in [-0.3, -0.25) is 14.9 Å². The zero-order valence-corrected chi connectivity index (χ0v) is 9.34. The molecule has 1 unspecified atom stereocenters. The van der Waals surface area contributed by atoms with E-state index in [1.54, 1.807) is 12.4 Å². The summed E-state index contributed by atoms with van der Waals surface area (Å²) in [5, 5.41) is 9.05. The van der Waals surface area contributed by atoms with Gasteiger partial charge in [0.05, 0.1) is 12.2 Å². The van der Waals surface area contributed by atoms with Gasteiger partial charge in [0.2, 0.25) is 0 Å². The number of H-pyrrole nitrogens is 1. The van der Waals surface area contributed by atoms with E-state index in [4.69, 9.17) is 5.73 Å². The van der Waals surface area contributed by atoms with Crippen LogP contribution < -0.4 is 11.1 Å². The summed E-state index contributed by atoms with van der Waals surface area (Å²) in [4.78, 5) is 15.8. The fraction of sp³-hybridized carbons (Fsp3) is 0.182. The molecule has 0 aliphatic carbocycles. The molecule has 6 nitrogen and oxygen atoms in total. The van der Waals surface area contributed by atoms with Crippen LogP contribution in [0.1, 0.15) is 28.9 Å². The van der Waals surface area contributed by atoms with Gasteiger partial charge < -0.3 is 11.1 Å². The number of hydrogen-bond acceptors (Lipinski definition) is 4. The van der Waals surface area contributed by atoms with E-state index in [-0.39, 0.29) is 17.8 Å². The molecule has 0 saturated carbocycles. The van der Waals surface area contributed by atoms with E-state index in [0.717, 1.165) is 5.56 Å². The van der Waals surface area contributed by atoms with Crippen LogP contribution in [0.3, 0.4) is 0 Å². The molecule has 2 aromatic heterocycles. The van der Waals surface area contributed by atoms with Gasteiger partial charge in [0.1, 0.15) is 11.4 Å². The van der Waals surface area contributed by atoms with Crippen molar-refractivity contribution in [2.75, 3.05) is 5.73 Å². The van der Waals surface area contributed by atoms with Gasteiger partial charge in [-0.25, -0.2) is 0 Å². The Morgan fingerprint density at radius 1 is 1.47 bits per heavy atom. The number of carbonyl (C=O) groups is 1. The summed E-state index contributed by atoms with van der Waals surface area (Å²) in [5.74, 6) is 0.0185. The molecule has 1 atom stereocenters. The second kappa shape index (κ2) is 4.65. The lowest BCUT2D eigenvalue weighted by Crippen LogP contribution is -2.26. The summed E-state index contributed by atoms with van der Waals surface area (Å²) in [6.07, 6.45) is 4.78. The Hall–Kier alpha value is -2.37. The molecule has 0 spiro atoms. The van der Waals surface area contributed by atoms with Crippen LogP contribution in [0, 0.1) is 0 Å². The number of pyridine rings is 1. The number of anilines is 1. The molecule has 0 fully saturated rings. The molecule has 6 heteroatoms. The first kappa shape index (κ1) is 11.1. The minimum absolute atomic E-state index is 0.111. The molecular weight excluding hydrogens is 218 g/mol. The van der Waals surface area contributed by atoms with E-state index < -0.39 is 0 Å². The maximum Gasteiger partial charge on any atom is 0.257 e. The second-order valence-corrected chi connectivity index (χ2v) is 3.67. The number of aromatic amines is 1. The van der Waals surface area contributed by atoms with Crippen LogP contribution in [0.25, 0.3) is 0 Å².